The summed E-state index contributed by atoms with van der Waals surface area (Å²) in [6, 6.07) is 11.3. The van der Waals surface area contributed by atoms with Gasteiger partial charge in [0, 0.05) is 12.0 Å². The van der Waals surface area contributed by atoms with Crippen molar-refractivity contribution in [3.8, 4) is 16.9 Å². The number of ether oxygens (including phenoxy) is 1. The molecule has 36 heavy (non-hydrogen) atoms. The van der Waals surface area contributed by atoms with Gasteiger partial charge in [-0.1, -0.05) is 5.21 Å². The van der Waals surface area contributed by atoms with E-state index in [0.29, 0.717) is 23.5 Å². The van der Waals surface area contributed by atoms with Crippen molar-refractivity contribution in [2.75, 3.05) is 6.61 Å². The average molecular weight is 508 g/mol. The largest absolute Gasteiger partial charge is 0.394 e. The Morgan fingerprint density at radius 3 is 2.83 bits per heavy atom. The molecule has 5 aromatic rings. The van der Waals surface area contributed by atoms with Crippen LogP contribution in [0.2, 0.25) is 0 Å². The van der Waals surface area contributed by atoms with Crippen molar-refractivity contribution < 1.29 is 19.3 Å². The van der Waals surface area contributed by atoms with E-state index in [1.165, 1.54) is 18.5 Å². The molecule has 4 unspecified atom stereocenters. The van der Waals surface area contributed by atoms with Crippen molar-refractivity contribution >= 4 is 21.6 Å². The summed E-state index contributed by atoms with van der Waals surface area (Å²) < 4.78 is 23.7. The molecule has 4 heterocycles. The zero-order valence-corrected chi connectivity index (χ0v) is 20.0. The van der Waals surface area contributed by atoms with E-state index in [0.717, 1.165) is 20.9 Å². The maximum atomic E-state index is 13.3. The van der Waals surface area contributed by atoms with Gasteiger partial charge >= 0.3 is 0 Å². The van der Waals surface area contributed by atoms with Gasteiger partial charge < -0.3 is 14.9 Å². The molecule has 2 N–H and O–H groups in total. The molecule has 0 saturated carbocycles. The molecule has 1 aliphatic rings. The predicted molar refractivity (Wildman–Crippen MR) is 129 cm³/mol. The van der Waals surface area contributed by atoms with Crippen molar-refractivity contribution in [3.05, 3.63) is 71.6 Å². The Hall–Kier alpha value is -3.58. The number of benzene rings is 2. The first kappa shape index (κ1) is 22.9. The normalized spacial score (nSPS) is 22.3. The Labute approximate surface area is 208 Å². The molecule has 2 aromatic carbocycles. The summed E-state index contributed by atoms with van der Waals surface area (Å²) in [4.78, 5) is 8.96. The fourth-order valence-electron chi connectivity index (χ4n) is 4.56. The topological polar surface area (TPSA) is 124 Å². The molecular formula is C24H22FN7O3S. The second-order valence-corrected chi connectivity index (χ2v) is 9.88. The van der Waals surface area contributed by atoms with Crippen molar-refractivity contribution in [2.45, 2.75) is 37.7 Å². The van der Waals surface area contributed by atoms with E-state index in [4.69, 9.17) is 4.74 Å². The maximum Gasteiger partial charge on any atom is 0.161 e. The smallest absolute Gasteiger partial charge is 0.161 e. The van der Waals surface area contributed by atoms with Crippen LogP contribution < -0.4 is 0 Å². The summed E-state index contributed by atoms with van der Waals surface area (Å²) in [5, 5.41) is 34.7. The van der Waals surface area contributed by atoms with E-state index in [1.54, 1.807) is 39.0 Å². The van der Waals surface area contributed by atoms with Gasteiger partial charge in [0.05, 0.1) is 39.8 Å². The molecule has 3 aromatic heterocycles. The van der Waals surface area contributed by atoms with Crippen molar-refractivity contribution in [3.63, 3.8) is 0 Å². The van der Waals surface area contributed by atoms with Gasteiger partial charge in [-0.25, -0.2) is 23.7 Å². The number of hydrogen-bond donors (Lipinski definition) is 2. The fraction of sp³-hybridized carbons (Fsp3) is 0.292. The molecule has 184 valence electrons. The van der Waals surface area contributed by atoms with Crippen LogP contribution in [-0.4, -0.2) is 63.8 Å². The van der Waals surface area contributed by atoms with E-state index >= 15 is 0 Å². The van der Waals surface area contributed by atoms with Crippen molar-refractivity contribution in [2.24, 2.45) is 0 Å². The van der Waals surface area contributed by atoms with E-state index < -0.39 is 24.4 Å². The Kier molecular flexibility index (Phi) is 5.80. The number of nitrogens with zero attached hydrogens (tertiary/aromatic N) is 7. The third kappa shape index (κ3) is 4.07. The van der Waals surface area contributed by atoms with E-state index in [2.05, 4.69) is 25.4 Å². The zero-order valence-electron chi connectivity index (χ0n) is 19.1. The molecule has 1 saturated heterocycles. The Morgan fingerprint density at radius 2 is 2.03 bits per heavy atom. The van der Waals surface area contributed by atoms with Crippen LogP contribution in [0.25, 0.3) is 27.2 Å². The summed E-state index contributed by atoms with van der Waals surface area (Å²) in [6.45, 7) is 1.58. The summed E-state index contributed by atoms with van der Waals surface area (Å²) in [5.74, 6) is 0.207. The summed E-state index contributed by atoms with van der Waals surface area (Å²) in [6.07, 6.45) is 1.02. The first-order valence-corrected chi connectivity index (χ1v) is 12.2. The second kappa shape index (κ2) is 9.13. The highest BCUT2D eigenvalue weighted by Gasteiger charge is 2.41. The monoisotopic (exact) mass is 507 g/mol. The lowest BCUT2D eigenvalue weighted by molar-refractivity contribution is -0.161. The number of hydrogen-bond acceptors (Lipinski definition) is 9. The van der Waals surface area contributed by atoms with Crippen LogP contribution in [0, 0.1) is 12.7 Å². The number of fused-ring (bicyclic) bond motifs is 1. The minimum atomic E-state index is -1.03. The summed E-state index contributed by atoms with van der Waals surface area (Å²) in [5.41, 5.74) is 2.98. The van der Waals surface area contributed by atoms with Crippen LogP contribution in [0.5, 0.6) is 0 Å². The van der Waals surface area contributed by atoms with E-state index in [9.17, 15) is 14.6 Å². The molecule has 1 fully saturated rings. The Balaban J connectivity index is 1.32. The highest BCUT2D eigenvalue weighted by atomic mass is 32.1. The number of aryl methyl sites for hydroxylation is 1. The van der Waals surface area contributed by atoms with Crippen LogP contribution >= 0.6 is 11.3 Å². The predicted octanol–water partition coefficient (Wildman–Crippen LogP) is 3.01. The van der Waals surface area contributed by atoms with Crippen LogP contribution in [0.3, 0.4) is 0 Å². The molecule has 12 heteroatoms. The standard InChI is InChI=1S/C24H22FN7O3S/c1-13-28-17-7-6-16(8-22(17)36-13)32-24(26-12-27-32)20-9-19(23(34)21(11-33)35-20)31-10-18(29-30-31)14-2-4-15(25)5-3-14/h2-8,10,12,19-21,23,33-34H,9,11H2,1H3. The average Bonchev–Trinajstić information content (AvgIpc) is 3.63. The van der Waals surface area contributed by atoms with Gasteiger partial charge in [0.25, 0.3) is 0 Å². The van der Waals surface area contributed by atoms with Gasteiger partial charge in [-0.15, -0.1) is 16.4 Å². The Morgan fingerprint density at radius 1 is 1.19 bits per heavy atom. The van der Waals surface area contributed by atoms with Gasteiger partial charge in [-0.05, 0) is 49.4 Å². The number of halogens is 1. The van der Waals surface area contributed by atoms with Crippen LogP contribution in [0.4, 0.5) is 4.39 Å². The molecule has 1 aliphatic heterocycles. The van der Waals surface area contributed by atoms with Crippen LogP contribution in [0.1, 0.15) is 29.4 Å². The maximum absolute atomic E-state index is 13.3. The molecule has 0 amide bonds. The molecule has 0 radical (unpaired) electrons. The number of thiazole rings is 1. The lowest BCUT2D eigenvalue weighted by Gasteiger charge is -2.38. The minimum absolute atomic E-state index is 0.324. The fourth-order valence-corrected chi connectivity index (χ4v) is 5.42. The van der Waals surface area contributed by atoms with Gasteiger partial charge in [-0.2, -0.15) is 5.10 Å². The SMILES string of the molecule is Cc1nc2ccc(-n3ncnc3C3CC(n4cc(-c5ccc(F)cc5)nn4)C(O)C(CO)O3)cc2s1. The first-order chi connectivity index (χ1) is 17.5. The zero-order chi connectivity index (χ0) is 24.8. The quantitative estimate of drug-likeness (QED) is 0.372. The molecule has 0 spiro atoms. The van der Waals surface area contributed by atoms with E-state index in [-0.39, 0.29) is 12.4 Å². The molecule has 0 bridgehead atoms. The molecule has 10 nitrogen and oxygen atoms in total. The summed E-state index contributed by atoms with van der Waals surface area (Å²) >= 11 is 1.60. The highest BCUT2D eigenvalue weighted by Crippen LogP contribution is 2.38. The number of aliphatic hydroxyl groups excluding tert-OH is 2. The number of aromatic nitrogens is 7. The first-order valence-electron chi connectivity index (χ1n) is 11.4. The molecule has 6 rings (SSSR count). The lowest BCUT2D eigenvalue weighted by atomic mass is 9.95. The van der Waals surface area contributed by atoms with Crippen molar-refractivity contribution in [1.29, 1.82) is 0 Å². The van der Waals surface area contributed by atoms with Crippen LogP contribution in [-0.2, 0) is 4.74 Å². The second-order valence-electron chi connectivity index (χ2n) is 8.65. The van der Waals surface area contributed by atoms with Gasteiger partial charge in [-0.3, -0.25) is 0 Å². The van der Waals surface area contributed by atoms with Crippen molar-refractivity contribution in [1.82, 2.24) is 34.7 Å². The van der Waals surface area contributed by atoms with Crippen LogP contribution in [0.15, 0.2) is 55.0 Å². The van der Waals surface area contributed by atoms with Gasteiger partial charge in [0.2, 0.25) is 0 Å². The van der Waals surface area contributed by atoms with E-state index in [1.807, 2.05) is 25.1 Å². The number of aliphatic hydroxyl groups is 2. The third-order valence-corrected chi connectivity index (χ3v) is 7.26. The molecular weight excluding hydrogens is 485 g/mol. The third-order valence-electron chi connectivity index (χ3n) is 6.33. The highest BCUT2D eigenvalue weighted by molar-refractivity contribution is 7.18. The van der Waals surface area contributed by atoms with Gasteiger partial charge in [0.15, 0.2) is 5.82 Å². The molecule has 4 atom stereocenters. The lowest BCUT2D eigenvalue weighted by Crippen LogP contribution is -2.45. The Bertz CT molecular complexity index is 1520. The minimum Gasteiger partial charge on any atom is -0.394 e. The molecule has 0 aliphatic carbocycles. The summed E-state index contributed by atoms with van der Waals surface area (Å²) in [7, 11) is 0. The van der Waals surface area contributed by atoms with Gasteiger partial charge in [0.1, 0.15) is 36.2 Å². The number of rotatable bonds is 5.